The lowest BCUT2D eigenvalue weighted by atomic mass is 10.1. The number of nitrogens with zero attached hydrogens (tertiary/aromatic N) is 1. The summed E-state index contributed by atoms with van der Waals surface area (Å²) in [4.78, 5) is 9.73. The Bertz CT molecular complexity index is 348. The molecular formula is C8H9NO4. The van der Waals surface area contributed by atoms with Crippen molar-refractivity contribution >= 4 is 5.69 Å². The smallest absolute Gasteiger partial charge is 0.311 e. The third-order valence-electron chi connectivity index (χ3n) is 1.72. The van der Waals surface area contributed by atoms with Gasteiger partial charge in [-0.3, -0.25) is 10.1 Å². The minimum atomic E-state index is -0.679. The average molecular weight is 183 g/mol. The van der Waals surface area contributed by atoms with Gasteiger partial charge in [-0.1, -0.05) is 0 Å². The monoisotopic (exact) mass is 183 g/mol. The number of nitro groups is 1. The Labute approximate surface area is 74.4 Å². The SMILES string of the molecule is Cc1cc(CO)cc([N+](=O)[O-])c1O. The fourth-order valence-electron chi connectivity index (χ4n) is 1.06. The van der Waals surface area contributed by atoms with E-state index in [9.17, 15) is 15.2 Å². The van der Waals surface area contributed by atoms with Crippen molar-refractivity contribution < 1.29 is 15.1 Å². The normalized spacial score (nSPS) is 10.0. The van der Waals surface area contributed by atoms with Crippen molar-refractivity contribution in [3.05, 3.63) is 33.4 Å². The van der Waals surface area contributed by atoms with E-state index in [1.54, 1.807) is 6.92 Å². The number of nitro benzene ring substituents is 1. The Morgan fingerprint density at radius 2 is 2.15 bits per heavy atom. The van der Waals surface area contributed by atoms with Gasteiger partial charge >= 0.3 is 5.69 Å². The lowest BCUT2D eigenvalue weighted by molar-refractivity contribution is -0.386. The van der Waals surface area contributed by atoms with E-state index >= 15 is 0 Å². The van der Waals surface area contributed by atoms with E-state index < -0.39 is 4.92 Å². The molecule has 5 nitrogen and oxygen atoms in total. The van der Waals surface area contributed by atoms with Gasteiger partial charge in [0, 0.05) is 6.07 Å². The van der Waals surface area contributed by atoms with Gasteiger partial charge in [0.15, 0.2) is 5.75 Å². The third-order valence-corrected chi connectivity index (χ3v) is 1.72. The fraction of sp³-hybridized carbons (Fsp3) is 0.250. The van der Waals surface area contributed by atoms with Crippen LogP contribution < -0.4 is 0 Å². The highest BCUT2D eigenvalue weighted by Crippen LogP contribution is 2.30. The number of aliphatic hydroxyl groups excluding tert-OH is 1. The maximum Gasteiger partial charge on any atom is 0.311 e. The van der Waals surface area contributed by atoms with Gasteiger partial charge in [-0.05, 0) is 24.1 Å². The molecular weight excluding hydrogens is 174 g/mol. The van der Waals surface area contributed by atoms with Crippen molar-refractivity contribution in [2.24, 2.45) is 0 Å². The van der Waals surface area contributed by atoms with Gasteiger partial charge < -0.3 is 10.2 Å². The largest absolute Gasteiger partial charge is 0.502 e. The lowest BCUT2D eigenvalue weighted by Crippen LogP contribution is -1.93. The van der Waals surface area contributed by atoms with Crippen LogP contribution in [-0.2, 0) is 6.61 Å². The first-order valence-corrected chi connectivity index (χ1v) is 3.64. The second-order valence-corrected chi connectivity index (χ2v) is 2.70. The molecule has 0 bridgehead atoms. The van der Waals surface area contributed by atoms with Crippen LogP contribution in [0.1, 0.15) is 11.1 Å². The van der Waals surface area contributed by atoms with E-state index in [2.05, 4.69) is 0 Å². The number of rotatable bonds is 2. The topological polar surface area (TPSA) is 83.6 Å². The number of hydrogen-bond donors (Lipinski definition) is 2. The number of hydrogen-bond acceptors (Lipinski definition) is 4. The zero-order valence-corrected chi connectivity index (χ0v) is 7.02. The predicted molar refractivity (Wildman–Crippen MR) is 45.4 cm³/mol. The summed E-state index contributed by atoms with van der Waals surface area (Å²) in [5.41, 5.74) is 0.435. The highest BCUT2D eigenvalue weighted by molar-refractivity contribution is 5.52. The Hall–Kier alpha value is -1.62. The zero-order chi connectivity index (χ0) is 10.0. The highest BCUT2D eigenvalue weighted by Gasteiger charge is 2.16. The minimum Gasteiger partial charge on any atom is -0.502 e. The number of benzene rings is 1. The van der Waals surface area contributed by atoms with E-state index in [0.29, 0.717) is 11.1 Å². The average Bonchev–Trinajstić information content (AvgIpc) is 2.09. The summed E-state index contributed by atoms with van der Waals surface area (Å²) in [6.07, 6.45) is 0. The summed E-state index contributed by atoms with van der Waals surface area (Å²) in [6.45, 7) is 1.27. The van der Waals surface area contributed by atoms with Gasteiger partial charge in [0.05, 0.1) is 11.5 Å². The molecule has 0 radical (unpaired) electrons. The van der Waals surface area contributed by atoms with Crippen LogP contribution in [0, 0.1) is 17.0 Å². The Morgan fingerprint density at radius 3 is 2.62 bits per heavy atom. The van der Waals surface area contributed by atoms with E-state index in [0.717, 1.165) is 6.07 Å². The van der Waals surface area contributed by atoms with Gasteiger partial charge in [-0.25, -0.2) is 0 Å². The zero-order valence-electron chi connectivity index (χ0n) is 7.02. The first-order valence-electron chi connectivity index (χ1n) is 3.64. The van der Waals surface area contributed by atoms with Crippen LogP contribution in [0.15, 0.2) is 12.1 Å². The standard InChI is InChI=1S/C8H9NO4/c1-5-2-6(4-10)3-7(8(5)11)9(12)13/h2-3,10-11H,4H2,1H3. The summed E-state index contributed by atoms with van der Waals surface area (Å²) in [7, 11) is 0. The quantitative estimate of drug-likeness (QED) is 0.531. The molecule has 70 valence electrons. The van der Waals surface area contributed by atoms with Gasteiger partial charge in [-0.2, -0.15) is 0 Å². The summed E-state index contributed by atoms with van der Waals surface area (Å²) in [5, 5.41) is 28.4. The molecule has 1 aromatic rings. The number of phenolic OH excluding ortho intramolecular Hbond substituents is 1. The molecule has 0 spiro atoms. The molecule has 0 saturated carbocycles. The summed E-state index contributed by atoms with van der Waals surface area (Å²) in [6, 6.07) is 2.66. The van der Waals surface area contributed by atoms with Crippen molar-refractivity contribution in [3.63, 3.8) is 0 Å². The molecule has 1 rings (SSSR count). The second-order valence-electron chi connectivity index (χ2n) is 2.70. The van der Waals surface area contributed by atoms with E-state index in [-0.39, 0.29) is 18.0 Å². The Morgan fingerprint density at radius 1 is 1.54 bits per heavy atom. The van der Waals surface area contributed by atoms with Crippen molar-refractivity contribution in [1.82, 2.24) is 0 Å². The molecule has 0 aliphatic carbocycles. The van der Waals surface area contributed by atoms with Crippen LogP contribution in [0.5, 0.6) is 5.75 Å². The predicted octanol–water partition coefficient (Wildman–Crippen LogP) is 1.10. The van der Waals surface area contributed by atoms with Crippen LogP contribution in [0.2, 0.25) is 0 Å². The van der Waals surface area contributed by atoms with Crippen LogP contribution >= 0.6 is 0 Å². The van der Waals surface area contributed by atoms with Gasteiger partial charge in [-0.15, -0.1) is 0 Å². The fourth-order valence-corrected chi connectivity index (χ4v) is 1.06. The van der Waals surface area contributed by atoms with Crippen LogP contribution in [0.3, 0.4) is 0 Å². The van der Waals surface area contributed by atoms with Crippen LogP contribution in [0.25, 0.3) is 0 Å². The number of phenols is 1. The third kappa shape index (κ3) is 1.75. The highest BCUT2D eigenvalue weighted by atomic mass is 16.6. The van der Waals surface area contributed by atoms with Crippen molar-refractivity contribution in [2.45, 2.75) is 13.5 Å². The Kier molecular flexibility index (Phi) is 2.48. The molecule has 0 aromatic heterocycles. The molecule has 0 fully saturated rings. The molecule has 0 aliphatic rings. The van der Waals surface area contributed by atoms with E-state index in [1.165, 1.54) is 6.07 Å². The van der Waals surface area contributed by atoms with E-state index in [4.69, 9.17) is 5.11 Å². The first-order chi connectivity index (χ1) is 6.06. The van der Waals surface area contributed by atoms with Crippen molar-refractivity contribution in [3.8, 4) is 5.75 Å². The molecule has 0 amide bonds. The molecule has 0 aliphatic heterocycles. The molecule has 0 heterocycles. The molecule has 2 N–H and O–H groups in total. The number of aryl methyl sites for hydroxylation is 1. The summed E-state index contributed by atoms with van der Waals surface area (Å²) in [5.74, 6) is -0.345. The second kappa shape index (κ2) is 3.40. The maximum absolute atomic E-state index is 10.4. The molecule has 0 saturated heterocycles. The van der Waals surface area contributed by atoms with E-state index in [1.807, 2.05) is 0 Å². The van der Waals surface area contributed by atoms with Gasteiger partial charge in [0.25, 0.3) is 0 Å². The van der Waals surface area contributed by atoms with Gasteiger partial charge in [0.1, 0.15) is 0 Å². The summed E-state index contributed by atoms with van der Waals surface area (Å²) >= 11 is 0. The minimum absolute atomic E-state index is 0.276. The summed E-state index contributed by atoms with van der Waals surface area (Å²) < 4.78 is 0. The Balaban J connectivity index is 3.33. The van der Waals surface area contributed by atoms with Gasteiger partial charge in [0.2, 0.25) is 0 Å². The molecule has 1 aromatic carbocycles. The molecule has 5 heteroatoms. The van der Waals surface area contributed by atoms with Crippen LogP contribution in [0.4, 0.5) is 5.69 Å². The van der Waals surface area contributed by atoms with Crippen molar-refractivity contribution in [1.29, 1.82) is 0 Å². The maximum atomic E-state index is 10.4. The molecule has 0 unspecified atom stereocenters. The number of aliphatic hydroxyl groups is 1. The first kappa shape index (κ1) is 9.47. The number of aromatic hydroxyl groups is 1. The van der Waals surface area contributed by atoms with Crippen LogP contribution in [-0.4, -0.2) is 15.1 Å². The molecule has 0 atom stereocenters. The molecule has 13 heavy (non-hydrogen) atoms. The van der Waals surface area contributed by atoms with Crippen molar-refractivity contribution in [2.75, 3.05) is 0 Å². The lowest BCUT2D eigenvalue weighted by Gasteiger charge is -2.02.